The van der Waals surface area contributed by atoms with Gasteiger partial charge in [0.1, 0.15) is 0 Å². The Balaban J connectivity index is 2.42. The van der Waals surface area contributed by atoms with Gasteiger partial charge in [-0.25, -0.2) is 0 Å². The zero-order valence-corrected chi connectivity index (χ0v) is 9.12. The summed E-state index contributed by atoms with van der Waals surface area (Å²) in [7, 11) is 2.07. The van der Waals surface area contributed by atoms with E-state index in [2.05, 4.69) is 30.3 Å². The van der Waals surface area contributed by atoms with Gasteiger partial charge >= 0.3 is 0 Å². The van der Waals surface area contributed by atoms with Gasteiger partial charge in [-0.15, -0.1) is 0 Å². The van der Waals surface area contributed by atoms with Gasteiger partial charge in [0, 0.05) is 20.1 Å². The third-order valence-electron chi connectivity index (χ3n) is 2.76. The van der Waals surface area contributed by atoms with Crippen LogP contribution in [0.5, 0.6) is 0 Å². The van der Waals surface area contributed by atoms with E-state index in [1.807, 2.05) is 18.2 Å². The van der Waals surface area contributed by atoms with Crippen molar-refractivity contribution in [1.82, 2.24) is 0 Å². The van der Waals surface area contributed by atoms with Crippen molar-refractivity contribution in [3.63, 3.8) is 0 Å². The van der Waals surface area contributed by atoms with E-state index in [9.17, 15) is 0 Å². The predicted molar refractivity (Wildman–Crippen MR) is 62.1 cm³/mol. The van der Waals surface area contributed by atoms with Crippen LogP contribution in [0, 0.1) is 17.2 Å². The minimum absolute atomic E-state index is 0.618. The maximum atomic E-state index is 8.86. The molecular weight excluding hydrogens is 186 g/mol. The Bertz CT molecular complexity index is 406. The summed E-state index contributed by atoms with van der Waals surface area (Å²) in [5, 5.41) is 12.3. The molecule has 0 amide bonds. The van der Waals surface area contributed by atoms with Crippen LogP contribution in [0.3, 0.4) is 0 Å². The van der Waals surface area contributed by atoms with Crippen molar-refractivity contribution in [2.75, 3.05) is 30.4 Å². The van der Waals surface area contributed by atoms with Crippen molar-refractivity contribution >= 4 is 11.4 Å². The minimum Gasteiger partial charge on any atom is -0.383 e. The molecular formula is C12H15N3. The summed E-state index contributed by atoms with van der Waals surface area (Å²) in [5.74, 6) is 0.618. The monoisotopic (exact) mass is 201 g/mol. The van der Waals surface area contributed by atoms with Gasteiger partial charge in [0.25, 0.3) is 0 Å². The van der Waals surface area contributed by atoms with Crippen LogP contribution >= 0.6 is 0 Å². The van der Waals surface area contributed by atoms with Crippen molar-refractivity contribution in [2.24, 2.45) is 5.92 Å². The summed E-state index contributed by atoms with van der Waals surface area (Å²) in [5.41, 5.74) is 2.97. The fourth-order valence-electron chi connectivity index (χ4n) is 1.98. The second-order valence-corrected chi connectivity index (χ2v) is 4.21. The van der Waals surface area contributed by atoms with Crippen LogP contribution in [-0.2, 0) is 0 Å². The van der Waals surface area contributed by atoms with E-state index in [1.165, 1.54) is 0 Å². The fraction of sp³-hybridized carbons (Fsp3) is 0.417. The highest BCUT2D eigenvalue weighted by atomic mass is 15.1. The molecule has 15 heavy (non-hydrogen) atoms. The first kappa shape index (κ1) is 9.85. The second kappa shape index (κ2) is 3.82. The van der Waals surface area contributed by atoms with Gasteiger partial charge < -0.3 is 10.2 Å². The molecule has 1 aromatic carbocycles. The molecule has 78 valence electrons. The van der Waals surface area contributed by atoms with Gasteiger partial charge in [-0.2, -0.15) is 5.26 Å². The summed E-state index contributed by atoms with van der Waals surface area (Å²) < 4.78 is 0. The van der Waals surface area contributed by atoms with Crippen LogP contribution in [0.2, 0.25) is 0 Å². The molecule has 0 saturated heterocycles. The molecule has 1 aliphatic rings. The van der Waals surface area contributed by atoms with E-state index in [4.69, 9.17) is 5.26 Å². The zero-order valence-electron chi connectivity index (χ0n) is 9.12. The van der Waals surface area contributed by atoms with E-state index >= 15 is 0 Å². The lowest BCUT2D eigenvalue weighted by atomic mass is 10.1. The molecule has 2 rings (SSSR count). The van der Waals surface area contributed by atoms with Crippen LogP contribution < -0.4 is 10.2 Å². The van der Waals surface area contributed by atoms with Crippen molar-refractivity contribution in [1.29, 1.82) is 5.26 Å². The maximum Gasteiger partial charge on any atom is 0.0992 e. The first-order valence-corrected chi connectivity index (χ1v) is 5.20. The van der Waals surface area contributed by atoms with E-state index < -0.39 is 0 Å². The van der Waals surface area contributed by atoms with E-state index in [0.29, 0.717) is 5.92 Å². The molecule has 1 aromatic rings. The number of rotatable bonds is 0. The minimum atomic E-state index is 0.618. The summed E-state index contributed by atoms with van der Waals surface area (Å²) in [4.78, 5) is 2.21. The topological polar surface area (TPSA) is 39.1 Å². The highest BCUT2D eigenvalue weighted by Crippen LogP contribution is 2.29. The predicted octanol–water partition coefficient (Wildman–Crippen LogP) is 2.06. The maximum absolute atomic E-state index is 8.86. The Morgan fingerprint density at radius 3 is 3.07 bits per heavy atom. The van der Waals surface area contributed by atoms with Crippen LogP contribution in [0.4, 0.5) is 11.4 Å². The van der Waals surface area contributed by atoms with E-state index in [-0.39, 0.29) is 0 Å². The van der Waals surface area contributed by atoms with Gasteiger partial charge in [-0.05, 0) is 24.1 Å². The summed E-state index contributed by atoms with van der Waals surface area (Å²) >= 11 is 0. The Hall–Kier alpha value is -1.69. The number of nitrogens with one attached hydrogen (secondary N) is 1. The average molecular weight is 201 g/mol. The van der Waals surface area contributed by atoms with Gasteiger partial charge in [-0.3, -0.25) is 0 Å². The highest BCUT2D eigenvalue weighted by molar-refractivity contribution is 5.72. The number of nitrogens with zero attached hydrogens (tertiary/aromatic N) is 2. The summed E-state index contributed by atoms with van der Waals surface area (Å²) in [6, 6.07) is 7.96. The molecule has 1 heterocycles. The summed E-state index contributed by atoms with van der Waals surface area (Å²) in [6.07, 6.45) is 0. The Kier molecular flexibility index (Phi) is 2.51. The third-order valence-corrected chi connectivity index (χ3v) is 2.76. The van der Waals surface area contributed by atoms with E-state index in [1.54, 1.807) is 0 Å². The highest BCUT2D eigenvalue weighted by Gasteiger charge is 2.16. The number of anilines is 2. The number of nitriles is 1. The first-order chi connectivity index (χ1) is 7.20. The lowest BCUT2D eigenvalue weighted by Gasteiger charge is -2.20. The SMILES string of the molecule is CC1CNc2ccc(C#N)cc2N(C)C1. The molecule has 1 unspecified atom stereocenters. The van der Waals surface area contributed by atoms with Gasteiger partial charge in [0.15, 0.2) is 0 Å². The molecule has 3 heteroatoms. The lowest BCUT2D eigenvalue weighted by Crippen LogP contribution is -2.24. The normalized spacial score (nSPS) is 19.8. The van der Waals surface area contributed by atoms with Gasteiger partial charge in [-0.1, -0.05) is 6.92 Å². The molecule has 3 nitrogen and oxygen atoms in total. The average Bonchev–Trinajstić information content (AvgIpc) is 2.38. The molecule has 0 spiro atoms. The summed E-state index contributed by atoms with van der Waals surface area (Å²) in [6.45, 7) is 4.23. The zero-order chi connectivity index (χ0) is 10.8. The Morgan fingerprint density at radius 1 is 1.53 bits per heavy atom. The Labute approximate surface area is 90.3 Å². The van der Waals surface area contributed by atoms with Crippen molar-refractivity contribution in [2.45, 2.75) is 6.92 Å². The first-order valence-electron chi connectivity index (χ1n) is 5.20. The molecule has 0 saturated carbocycles. The largest absolute Gasteiger partial charge is 0.383 e. The van der Waals surface area contributed by atoms with Crippen molar-refractivity contribution in [3.8, 4) is 6.07 Å². The fourth-order valence-corrected chi connectivity index (χ4v) is 1.98. The third kappa shape index (κ3) is 1.89. The standard InChI is InChI=1S/C12H15N3/c1-9-7-14-11-4-3-10(6-13)5-12(11)15(2)8-9/h3-5,9,14H,7-8H2,1-2H3. The molecule has 1 aliphatic heterocycles. The van der Waals surface area contributed by atoms with Crippen LogP contribution in [0.1, 0.15) is 12.5 Å². The molecule has 0 radical (unpaired) electrons. The lowest BCUT2D eigenvalue weighted by molar-refractivity contribution is 0.618. The van der Waals surface area contributed by atoms with Crippen LogP contribution in [-0.4, -0.2) is 20.1 Å². The number of hydrogen-bond donors (Lipinski definition) is 1. The molecule has 0 aromatic heterocycles. The molecule has 0 fully saturated rings. The van der Waals surface area contributed by atoms with Crippen LogP contribution in [0.25, 0.3) is 0 Å². The van der Waals surface area contributed by atoms with Crippen molar-refractivity contribution < 1.29 is 0 Å². The molecule has 1 N–H and O–H groups in total. The van der Waals surface area contributed by atoms with E-state index in [0.717, 1.165) is 30.0 Å². The van der Waals surface area contributed by atoms with Gasteiger partial charge in [0.05, 0.1) is 23.0 Å². The number of fused-ring (bicyclic) bond motifs is 1. The number of benzene rings is 1. The smallest absolute Gasteiger partial charge is 0.0992 e. The van der Waals surface area contributed by atoms with Gasteiger partial charge in [0.2, 0.25) is 0 Å². The second-order valence-electron chi connectivity index (χ2n) is 4.21. The molecule has 0 aliphatic carbocycles. The molecule has 1 atom stereocenters. The van der Waals surface area contributed by atoms with Crippen LogP contribution in [0.15, 0.2) is 18.2 Å². The quantitative estimate of drug-likeness (QED) is 0.698. The van der Waals surface area contributed by atoms with Crippen molar-refractivity contribution in [3.05, 3.63) is 23.8 Å². The Morgan fingerprint density at radius 2 is 2.33 bits per heavy atom. The number of hydrogen-bond acceptors (Lipinski definition) is 3. The molecule has 0 bridgehead atoms.